The van der Waals surface area contributed by atoms with E-state index in [9.17, 15) is 14.4 Å². The first kappa shape index (κ1) is 22.0. The van der Waals surface area contributed by atoms with Gasteiger partial charge in [0.25, 0.3) is 11.8 Å². The fraction of sp³-hybridized carbons (Fsp3) is 0.200. The number of para-hydroxylation sites is 1. The number of carbonyl (C=O) groups is 3. The molecule has 1 fully saturated rings. The summed E-state index contributed by atoms with van der Waals surface area (Å²) < 4.78 is 0. The van der Waals surface area contributed by atoms with Crippen LogP contribution in [0.2, 0.25) is 0 Å². The first-order valence-electron chi connectivity index (χ1n) is 10.7. The number of nitrogens with one attached hydrogen (secondary N) is 3. The number of aromatic nitrogens is 1. The van der Waals surface area contributed by atoms with Crippen LogP contribution in [0.25, 0.3) is 0 Å². The van der Waals surface area contributed by atoms with E-state index in [1.54, 1.807) is 36.7 Å². The third kappa shape index (κ3) is 5.35. The summed E-state index contributed by atoms with van der Waals surface area (Å²) in [6, 6.07) is 16.3. The van der Waals surface area contributed by atoms with Crippen molar-refractivity contribution in [2.75, 3.05) is 29.9 Å². The highest BCUT2D eigenvalue weighted by molar-refractivity contribution is 6.09. The molecule has 2 aromatic carbocycles. The van der Waals surface area contributed by atoms with Crippen LogP contribution in [0.1, 0.15) is 31.8 Å². The summed E-state index contributed by atoms with van der Waals surface area (Å²) >= 11 is 0. The minimum absolute atomic E-state index is 0.0163. The molecule has 4 rings (SSSR count). The lowest BCUT2D eigenvalue weighted by molar-refractivity contribution is -0.120. The van der Waals surface area contributed by atoms with Gasteiger partial charge in [0.15, 0.2) is 0 Å². The molecule has 8 nitrogen and oxygen atoms in total. The van der Waals surface area contributed by atoms with Gasteiger partial charge in [-0.1, -0.05) is 24.3 Å². The molecule has 3 amide bonds. The van der Waals surface area contributed by atoms with Crippen LogP contribution in [-0.2, 0) is 11.3 Å². The number of anilines is 2. The van der Waals surface area contributed by atoms with Crippen molar-refractivity contribution in [3.63, 3.8) is 0 Å². The predicted octanol–water partition coefficient (Wildman–Crippen LogP) is 2.51. The molecule has 0 spiro atoms. The normalized spacial score (nSPS) is 13.2. The lowest BCUT2D eigenvalue weighted by Crippen LogP contribution is -2.47. The standard InChI is InChI=1S/C25H25N5O3/c1-17-3-2-4-21(23(17)29-24(32)19-9-11-26-12-10-19)25(33)28-15-18-5-7-20(8-6-18)30-14-13-27-22(31)16-30/h2-12H,13-16H2,1H3,(H,27,31)(H,28,33)(H,29,32). The van der Waals surface area contributed by atoms with E-state index in [1.165, 1.54) is 0 Å². The molecule has 1 aromatic heterocycles. The third-order valence-corrected chi connectivity index (χ3v) is 5.49. The Bertz CT molecular complexity index is 1160. The maximum Gasteiger partial charge on any atom is 0.255 e. The first-order valence-corrected chi connectivity index (χ1v) is 10.7. The Balaban J connectivity index is 1.42. The van der Waals surface area contributed by atoms with E-state index in [-0.39, 0.29) is 17.7 Å². The maximum atomic E-state index is 12.9. The van der Waals surface area contributed by atoms with Crippen molar-refractivity contribution >= 4 is 29.1 Å². The molecule has 0 aliphatic carbocycles. The Labute approximate surface area is 192 Å². The van der Waals surface area contributed by atoms with Gasteiger partial charge in [-0.15, -0.1) is 0 Å². The number of benzene rings is 2. The number of nitrogens with zero attached hydrogens (tertiary/aromatic N) is 2. The van der Waals surface area contributed by atoms with Gasteiger partial charge in [0.05, 0.1) is 17.8 Å². The Hall–Kier alpha value is -4.20. The number of piperazine rings is 1. The average Bonchev–Trinajstić information content (AvgIpc) is 2.84. The highest BCUT2D eigenvalue weighted by Gasteiger charge is 2.18. The van der Waals surface area contributed by atoms with Gasteiger partial charge in [0.1, 0.15) is 0 Å². The lowest BCUT2D eigenvalue weighted by atomic mass is 10.1. The molecular weight excluding hydrogens is 418 g/mol. The van der Waals surface area contributed by atoms with Crippen LogP contribution in [-0.4, -0.2) is 42.3 Å². The largest absolute Gasteiger partial charge is 0.360 e. The lowest BCUT2D eigenvalue weighted by Gasteiger charge is -2.28. The molecule has 0 atom stereocenters. The summed E-state index contributed by atoms with van der Waals surface area (Å²) in [5, 5.41) is 8.59. The zero-order valence-corrected chi connectivity index (χ0v) is 18.3. The molecule has 1 saturated heterocycles. The van der Waals surface area contributed by atoms with E-state index in [0.29, 0.717) is 36.4 Å². The monoisotopic (exact) mass is 443 g/mol. The molecule has 1 aliphatic rings. The zero-order valence-electron chi connectivity index (χ0n) is 18.3. The Morgan fingerprint density at radius 3 is 2.52 bits per heavy atom. The second kappa shape index (κ2) is 9.95. The van der Waals surface area contributed by atoms with Gasteiger partial charge in [-0.3, -0.25) is 19.4 Å². The Morgan fingerprint density at radius 2 is 1.79 bits per heavy atom. The van der Waals surface area contributed by atoms with E-state index in [0.717, 1.165) is 23.4 Å². The van der Waals surface area contributed by atoms with E-state index in [1.807, 2.05) is 42.2 Å². The van der Waals surface area contributed by atoms with E-state index in [4.69, 9.17) is 0 Å². The molecule has 1 aliphatic heterocycles. The predicted molar refractivity (Wildman–Crippen MR) is 126 cm³/mol. The van der Waals surface area contributed by atoms with Gasteiger partial charge < -0.3 is 20.9 Å². The van der Waals surface area contributed by atoms with Gasteiger partial charge in [-0.25, -0.2) is 0 Å². The molecule has 0 bridgehead atoms. The van der Waals surface area contributed by atoms with Crippen LogP contribution in [0, 0.1) is 6.92 Å². The second-order valence-corrected chi connectivity index (χ2v) is 7.81. The molecule has 0 unspecified atom stereocenters. The second-order valence-electron chi connectivity index (χ2n) is 7.81. The topological polar surface area (TPSA) is 103 Å². The van der Waals surface area contributed by atoms with Crippen LogP contribution in [0.3, 0.4) is 0 Å². The molecule has 3 N–H and O–H groups in total. The van der Waals surface area contributed by atoms with Crippen LogP contribution < -0.4 is 20.9 Å². The molecular formula is C25H25N5O3. The third-order valence-electron chi connectivity index (χ3n) is 5.49. The Kier molecular flexibility index (Phi) is 6.64. The van der Waals surface area contributed by atoms with Crippen molar-refractivity contribution < 1.29 is 14.4 Å². The number of pyridine rings is 1. The fourth-order valence-electron chi connectivity index (χ4n) is 3.67. The van der Waals surface area contributed by atoms with Crippen molar-refractivity contribution in [3.8, 4) is 0 Å². The van der Waals surface area contributed by atoms with Crippen LogP contribution in [0.15, 0.2) is 67.0 Å². The Morgan fingerprint density at radius 1 is 1.03 bits per heavy atom. The summed E-state index contributed by atoms with van der Waals surface area (Å²) in [6.45, 7) is 3.93. The average molecular weight is 444 g/mol. The zero-order chi connectivity index (χ0) is 23.2. The van der Waals surface area contributed by atoms with Crippen molar-refractivity contribution in [2.45, 2.75) is 13.5 Å². The number of rotatable bonds is 6. The van der Waals surface area contributed by atoms with Gasteiger partial charge in [-0.05, 0) is 48.4 Å². The fourth-order valence-corrected chi connectivity index (χ4v) is 3.67. The number of amides is 3. The van der Waals surface area contributed by atoms with E-state index < -0.39 is 0 Å². The molecule has 33 heavy (non-hydrogen) atoms. The number of carbonyl (C=O) groups excluding carboxylic acids is 3. The van der Waals surface area contributed by atoms with Crippen molar-refractivity contribution in [3.05, 3.63) is 89.2 Å². The molecule has 0 saturated carbocycles. The highest BCUT2D eigenvalue weighted by atomic mass is 16.2. The van der Waals surface area contributed by atoms with Gasteiger partial charge in [0, 0.05) is 43.3 Å². The van der Waals surface area contributed by atoms with Gasteiger partial charge in [-0.2, -0.15) is 0 Å². The summed E-state index contributed by atoms with van der Waals surface area (Å²) in [5.41, 5.74) is 4.04. The SMILES string of the molecule is Cc1cccc(C(=O)NCc2ccc(N3CCNC(=O)C3)cc2)c1NC(=O)c1ccncc1. The molecule has 168 valence electrons. The molecule has 2 heterocycles. The summed E-state index contributed by atoms with van der Waals surface area (Å²) in [7, 11) is 0. The van der Waals surface area contributed by atoms with Crippen LogP contribution in [0.5, 0.6) is 0 Å². The van der Waals surface area contributed by atoms with Gasteiger partial charge >= 0.3 is 0 Å². The number of aryl methyl sites for hydroxylation is 1. The van der Waals surface area contributed by atoms with Crippen molar-refractivity contribution in [1.82, 2.24) is 15.6 Å². The summed E-state index contributed by atoms with van der Waals surface area (Å²) in [5.74, 6) is -0.564. The number of hydrogen-bond acceptors (Lipinski definition) is 5. The highest BCUT2D eigenvalue weighted by Crippen LogP contribution is 2.22. The minimum atomic E-state index is -0.303. The molecule has 3 aromatic rings. The van der Waals surface area contributed by atoms with E-state index in [2.05, 4.69) is 20.9 Å². The van der Waals surface area contributed by atoms with Gasteiger partial charge in [0.2, 0.25) is 5.91 Å². The minimum Gasteiger partial charge on any atom is -0.360 e. The first-order chi connectivity index (χ1) is 16.0. The van der Waals surface area contributed by atoms with E-state index >= 15 is 0 Å². The molecule has 8 heteroatoms. The smallest absolute Gasteiger partial charge is 0.255 e. The van der Waals surface area contributed by atoms with Crippen molar-refractivity contribution in [2.24, 2.45) is 0 Å². The maximum absolute atomic E-state index is 12.9. The van der Waals surface area contributed by atoms with Crippen molar-refractivity contribution in [1.29, 1.82) is 0 Å². The van der Waals surface area contributed by atoms with Crippen LogP contribution >= 0.6 is 0 Å². The number of hydrogen-bond donors (Lipinski definition) is 3. The quantitative estimate of drug-likeness (QED) is 0.543. The molecule has 0 radical (unpaired) electrons. The summed E-state index contributed by atoms with van der Waals surface area (Å²) in [6.07, 6.45) is 3.09. The summed E-state index contributed by atoms with van der Waals surface area (Å²) in [4.78, 5) is 43.1. The van der Waals surface area contributed by atoms with Crippen LogP contribution in [0.4, 0.5) is 11.4 Å².